The highest BCUT2D eigenvalue weighted by atomic mass is 32.1. The molecule has 0 bridgehead atoms. The maximum Gasteiger partial charge on any atom is 0.246 e. The number of fused-ring (bicyclic) bond motifs is 1. The predicted molar refractivity (Wildman–Crippen MR) is 97.9 cm³/mol. The number of amides is 1. The summed E-state index contributed by atoms with van der Waals surface area (Å²) in [6.07, 6.45) is 7.89. The Labute approximate surface area is 142 Å². The van der Waals surface area contributed by atoms with Crippen molar-refractivity contribution >= 4 is 28.3 Å². The van der Waals surface area contributed by atoms with Gasteiger partial charge in [0.2, 0.25) is 5.91 Å². The molecule has 1 amide bonds. The molecule has 0 aliphatic heterocycles. The highest BCUT2D eigenvalue weighted by Gasteiger charge is 2.14. The van der Waals surface area contributed by atoms with Crippen LogP contribution in [0.3, 0.4) is 0 Å². The fourth-order valence-corrected chi connectivity index (χ4v) is 3.65. The van der Waals surface area contributed by atoms with Crippen LogP contribution in [0, 0.1) is 19.8 Å². The predicted octanol–water partition coefficient (Wildman–Crippen LogP) is 4.31. The van der Waals surface area contributed by atoms with E-state index in [4.69, 9.17) is 0 Å². The Balaban J connectivity index is 2.16. The Morgan fingerprint density at radius 2 is 2.04 bits per heavy atom. The molecule has 23 heavy (non-hydrogen) atoms. The fourth-order valence-electron chi connectivity index (χ4n) is 2.77. The minimum absolute atomic E-state index is 0.0840. The second-order valence-electron chi connectivity index (χ2n) is 5.97. The normalized spacial score (nSPS) is 11.9. The summed E-state index contributed by atoms with van der Waals surface area (Å²) >= 11 is 1.67. The van der Waals surface area contributed by atoms with Crippen molar-refractivity contribution in [2.24, 2.45) is 5.92 Å². The van der Waals surface area contributed by atoms with Gasteiger partial charge in [-0.05, 0) is 32.8 Å². The number of likely N-dealkylation sites (N-methyl/N-ethyl adjacent to an activating group) is 1. The number of carbonyl (C=O) groups is 1. The molecule has 0 N–H and O–H groups in total. The minimum Gasteiger partial charge on any atom is -0.339 e. The van der Waals surface area contributed by atoms with Crippen molar-refractivity contribution in [3.05, 3.63) is 28.5 Å². The van der Waals surface area contributed by atoms with Gasteiger partial charge >= 0.3 is 0 Å². The lowest BCUT2D eigenvalue weighted by molar-refractivity contribution is -0.126. The zero-order valence-corrected chi connectivity index (χ0v) is 15.6. The Bertz CT molecular complexity index is 694. The van der Waals surface area contributed by atoms with Crippen LogP contribution in [0.15, 0.2) is 12.3 Å². The molecular formula is C18H27N3OS. The van der Waals surface area contributed by atoms with Crippen molar-refractivity contribution in [1.29, 1.82) is 0 Å². The highest BCUT2D eigenvalue weighted by Crippen LogP contribution is 2.21. The van der Waals surface area contributed by atoms with Gasteiger partial charge in [-0.15, -0.1) is 11.3 Å². The molecule has 0 aromatic carbocycles. The Morgan fingerprint density at radius 3 is 2.65 bits per heavy atom. The summed E-state index contributed by atoms with van der Waals surface area (Å²) in [5.74, 6) is 0.663. The standard InChI is InChI=1S/C18H27N3OS/c1-6-15(7-2)12-20(8-3)17(22)10-9-16-14(5)19-18-21(16)11-13(4)23-18/h9-11,15H,6-8,12H2,1-5H3. The van der Waals surface area contributed by atoms with E-state index in [9.17, 15) is 4.79 Å². The summed E-state index contributed by atoms with van der Waals surface area (Å²) in [5.41, 5.74) is 1.96. The van der Waals surface area contributed by atoms with Crippen LogP contribution in [0.5, 0.6) is 0 Å². The molecule has 126 valence electrons. The van der Waals surface area contributed by atoms with E-state index in [1.165, 1.54) is 4.88 Å². The fraction of sp³-hybridized carbons (Fsp3) is 0.556. The van der Waals surface area contributed by atoms with Crippen molar-refractivity contribution < 1.29 is 4.79 Å². The first-order valence-electron chi connectivity index (χ1n) is 8.42. The molecule has 0 aliphatic rings. The average molecular weight is 334 g/mol. The summed E-state index contributed by atoms with van der Waals surface area (Å²) in [6.45, 7) is 12.1. The van der Waals surface area contributed by atoms with Gasteiger partial charge in [0, 0.05) is 30.2 Å². The molecule has 0 unspecified atom stereocenters. The van der Waals surface area contributed by atoms with Crippen LogP contribution in [-0.2, 0) is 4.79 Å². The topological polar surface area (TPSA) is 37.6 Å². The van der Waals surface area contributed by atoms with Crippen LogP contribution in [0.2, 0.25) is 0 Å². The first-order valence-corrected chi connectivity index (χ1v) is 9.23. The maximum atomic E-state index is 12.5. The molecule has 5 heteroatoms. The third kappa shape index (κ3) is 4.02. The molecule has 0 radical (unpaired) electrons. The van der Waals surface area contributed by atoms with Gasteiger partial charge in [0.1, 0.15) is 0 Å². The summed E-state index contributed by atoms with van der Waals surface area (Å²) in [5, 5.41) is 0. The SMILES string of the molecule is CCC(CC)CN(CC)C(=O)C=Cc1c(C)nc2sc(C)cn12. The van der Waals surface area contributed by atoms with Gasteiger partial charge in [-0.25, -0.2) is 4.98 Å². The van der Waals surface area contributed by atoms with Crippen LogP contribution >= 0.6 is 11.3 Å². The Kier molecular flexibility index (Phi) is 5.99. The third-order valence-corrected chi connectivity index (χ3v) is 5.27. The minimum atomic E-state index is 0.0840. The Hall–Kier alpha value is -1.62. The van der Waals surface area contributed by atoms with E-state index in [0.717, 1.165) is 42.3 Å². The lowest BCUT2D eigenvalue weighted by Crippen LogP contribution is -2.33. The number of rotatable bonds is 7. The van der Waals surface area contributed by atoms with Gasteiger partial charge in [-0.3, -0.25) is 9.20 Å². The Morgan fingerprint density at radius 1 is 1.35 bits per heavy atom. The van der Waals surface area contributed by atoms with Crippen LogP contribution in [-0.4, -0.2) is 33.3 Å². The average Bonchev–Trinajstić information content (AvgIpc) is 3.01. The van der Waals surface area contributed by atoms with Crippen LogP contribution in [0.25, 0.3) is 11.0 Å². The van der Waals surface area contributed by atoms with E-state index in [1.807, 2.05) is 24.8 Å². The molecular weight excluding hydrogens is 306 g/mol. The first-order chi connectivity index (χ1) is 11.0. The number of carbonyl (C=O) groups excluding carboxylic acids is 1. The quantitative estimate of drug-likeness (QED) is 0.708. The van der Waals surface area contributed by atoms with Gasteiger partial charge in [-0.2, -0.15) is 0 Å². The monoisotopic (exact) mass is 333 g/mol. The van der Waals surface area contributed by atoms with E-state index in [1.54, 1.807) is 17.4 Å². The molecule has 0 atom stereocenters. The number of aromatic nitrogens is 2. The summed E-state index contributed by atoms with van der Waals surface area (Å²) in [6, 6.07) is 0. The third-order valence-electron chi connectivity index (χ3n) is 4.37. The molecule has 0 saturated carbocycles. The lowest BCUT2D eigenvalue weighted by Gasteiger charge is -2.24. The molecule has 0 saturated heterocycles. The summed E-state index contributed by atoms with van der Waals surface area (Å²) < 4.78 is 2.07. The van der Waals surface area contributed by atoms with Gasteiger partial charge < -0.3 is 4.90 Å². The summed E-state index contributed by atoms with van der Waals surface area (Å²) in [4.78, 5) is 21.2. The molecule has 0 spiro atoms. The van der Waals surface area contributed by atoms with E-state index in [0.29, 0.717) is 5.92 Å². The molecule has 0 aliphatic carbocycles. The molecule has 2 aromatic rings. The number of hydrogen-bond donors (Lipinski definition) is 0. The molecule has 0 fully saturated rings. The van der Waals surface area contributed by atoms with Gasteiger partial charge in [0.25, 0.3) is 0 Å². The van der Waals surface area contributed by atoms with E-state index < -0.39 is 0 Å². The number of nitrogens with zero attached hydrogens (tertiary/aromatic N) is 3. The highest BCUT2D eigenvalue weighted by molar-refractivity contribution is 7.17. The van der Waals surface area contributed by atoms with Crippen LogP contribution in [0.4, 0.5) is 0 Å². The maximum absolute atomic E-state index is 12.5. The van der Waals surface area contributed by atoms with Crippen molar-refractivity contribution in [3.63, 3.8) is 0 Å². The van der Waals surface area contributed by atoms with Crippen LogP contribution in [0.1, 0.15) is 49.9 Å². The van der Waals surface area contributed by atoms with E-state index >= 15 is 0 Å². The summed E-state index contributed by atoms with van der Waals surface area (Å²) in [7, 11) is 0. The second kappa shape index (κ2) is 7.77. The number of hydrogen-bond acceptors (Lipinski definition) is 3. The van der Waals surface area contributed by atoms with Gasteiger partial charge in [0.15, 0.2) is 4.96 Å². The lowest BCUT2D eigenvalue weighted by atomic mass is 10.0. The number of aryl methyl sites for hydroxylation is 2. The van der Waals surface area contributed by atoms with Crippen molar-refractivity contribution in [3.8, 4) is 0 Å². The second-order valence-corrected chi connectivity index (χ2v) is 7.18. The smallest absolute Gasteiger partial charge is 0.246 e. The number of thiazole rings is 1. The zero-order chi connectivity index (χ0) is 17.0. The van der Waals surface area contributed by atoms with Crippen molar-refractivity contribution in [1.82, 2.24) is 14.3 Å². The zero-order valence-electron chi connectivity index (χ0n) is 14.8. The van der Waals surface area contributed by atoms with Crippen LogP contribution < -0.4 is 0 Å². The van der Waals surface area contributed by atoms with Gasteiger partial charge in [-0.1, -0.05) is 26.7 Å². The van der Waals surface area contributed by atoms with Gasteiger partial charge in [0.05, 0.1) is 11.4 Å². The largest absolute Gasteiger partial charge is 0.339 e. The van der Waals surface area contributed by atoms with Crippen molar-refractivity contribution in [2.45, 2.75) is 47.5 Å². The molecule has 2 heterocycles. The van der Waals surface area contributed by atoms with E-state index in [2.05, 4.69) is 36.4 Å². The first kappa shape index (κ1) is 17.7. The molecule has 2 rings (SSSR count). The van der Waals surface area contributed by atoms with E-state index in [-0.39, 0.29) is 5.91 Å². The van der Waals surface area contributed by atoms with Crippen molar-refractivity contribution in [2.75, 3.05) is 13.1 Å². The number of imidazole rings is 1. The molecule has 2 aromatic heterocycles. The molecule has 4 nitrogen and oxygen atoms in total.